The number of nitrogens with zero attached hydrogens (tertiary/aromatic N) is 2. The summed E-state index contributed by atoms with van der Waals surface area (Å²) in [5.74, 6) is -0.0256. The minimum Gasteiger partial charge on any atom is -0.358 e. The maximum Gasteiger partial charge on any atom is 0.251 e. The van der Waals surface area contributed by atoms with Crippen molar-refractivity contribution in [3.8, 4) is 0 Å². The molecule has 124 valence electrons. The van der Waals surface area contributed by atoms with Crippen molar-refractivity contribution in [3.05, 3.63) is 53.5 Å². The van der Waals surface area contributed by atoms with Gasteiger partial charge in [0, 0.05) is 40.6 Å². The maximum absolute atomic E-state index is 12.6. The van der Waals surface area contributed by atoms with Gasteiger partial charge in [0.05, 0.1) is 6.54 Å². The van der Waals surface area contributed by atoms with Gasteiger partial charge in [-0.05, 0) is 62.4 Å². The second-order valence-electron chi connectivity index (χ2n) is 6.65. The Kier molecular flexibility index (Phi) is 3.84. The van der Waals surface area contributed by atoms with Gasteiger partial charge >= 0.3 is 0 Å². The summed E-state index contributed by atoms with van der Waals surface area (Å²) in [7, 11) is 0. The summed E-state index contributed by atoms with van der Waals surface area (Å²) < 4.78 is 1.83. The monoisotopic (exact) mass is 322 g/mol. The Morgan fingerprint density at radius 3 is 3.08 bits per heavy atom. The van der Waals surface area contributed by atoms with Crippen LogP contribution in [-0.4, -0.2) is 26.7 Å². The molecule has 4 rings (SSSR count). The molecule has 1 aliphatic carbocycles. The highest BCUT2D eigenvalue weighted by Crippen LogP contribution is 2.29. The van der Waals surface area contributed by atoms with E-state index in [0.29, 0.717) is 6.54 Å². The highest BCUT2D eigenvalue weighted by molar-refractivity contribution is 5.99. The molecular weight excluding hydrogens is 300 g/mol. The number of benzene rings is 1. The SMILES string of the molecule is C[C@H](Cn1cccn1)NC(=O)c1ccc2[nH]c3c(c2c1)CCCC3. The molecule has 1 aromatic carbocycles. The van der Waals surface area contributed by atoms with Crippen LogP contribution in [0.1, 0.15) is 41.4 Å². The van der Waals surface area contributed by atoms with Gasteiger partial charge in [0.15, 0.2) is 0 Å². The van der Waals surface area contributed by atoms with Gasteiger partial charge in [0.2, 0.25) is 0 Å². The number of carbonyl (C=O) groups excluding carboxylic acids is 1. The average Bonchev–Trinajstić information content (AvgIpc) is 3.21. The zero-order valence-corrected chi connectivity index (χ0v) is 13.9. The lowest BCUT2D eigenvalue weighted by molar-refractivity contribution is 0.0936. The van der Waals surface area contributed by atoms with E-state index < -0.39 is 0 Å². The summed E-state index contributed by atoms with van der Waals surface area (Å²) >= 11 is 0. The van der Waals surface area contributed by atoms with Crippen molar-refractivity contribution in [1.29, 1.82) is 0 Å². The topological polar surface area (TPSA) is 62.7 Å². The minimum absolute atomic E-state index is 0.0215. The smallest absolute Gasteiger partial charge is 0.251 e. The molecule has 5 nitrogen and oxygen atoms in total. The van der Waals surface area contributed by atoms with Crippen molar-refractivity contribution < 1.29 is 4.79 Å². The summed E-state index contributed by atoms with van der Waals surface area (Å²) in [6.45, 7) is 2.66. The number of aromatic nitrogens is 3. The van der Waals surface area contributed by atoms with Crippen molar-refractivity contribution in [2.24, 2.45) is 0 Å². The molecular formula is C19H22N4O. The summed E-state index contributed by atoms with van der Waals surface area (Å²) in [5.41, 5.74) is 4.61. The van der Waals surface area contributed by atoms with Crippen LogP contribution in [0.25, 0.3) is 10.9 Å². The van der Waals surface area contributed by atoms with E-state index in [1.165, 1.54) is 29.5 Å². The molecule has 5 heteroatoms. The van der Waals surface area contributed by atoms with E-state index in [2.05, 4.69) is 15.4 Å². The highest BCUT2D eigenvalue weighted by atomic mass is 16.1. The molecule has 1 aliphatic rings. The minimum atomic E-state index is -0.0256. The van der Waals surface area contributed by atoms with Gasteiger partial charge in [0.25, 0.3) is 5.91 Å². The fourth-order valence-electron chi connectivity index (χ4n) is 3.59. The van der Waals surface area contributed by atoms with Gasteiger partial charge < -0.3 is 10.3 Å². The molecule has 24 heavy (non-hydrogen) atoms. The van der Waals surface area contributed by atoms with Crippen LogP contribution in [0, 0.1) is 0 Å². The third-order valence-corrected chi connectivity index (χ3v) is 4.76. The van der Waals surface area contributed by atoms with Crippen LogP contribution in [0.4, 0.5) is 0 Å². The zero-order chi connectivity index (χ0) is 16.5. The predicted molar refractivity (Wildman–Crippen MR) is 94.1 cm³/mol. The Balaban J connectivity index is 1.53. The first-order chi connectivity index (χ1) is 11.7. The molecule has 2 heterocycles. The summed E-state index contributed by atoms with van der Waals surface area (Å²) in [6, 6.07) is 7.87. The van der Waals surface area contributed by atoms with Crippen molar-refractivity contribution in [2.75, 3.05) is 0 Å². The molecule has 0 spiro atoms. The van der Waals surface area contributed by atoms with Crippen LogP contribution in [0.3, 0.4) is 0 Å². The number of amides is 1. The second-order valence-corrected chi connectivity index (χ2v) is 6.65. The fourth-order valence-corrected chi connectivity index (χ4v) is 3.59. The molecule has 0 aliphatic heterocycles. The van der Waals surface area contributed by atoms with E-state index in [0.717, 1.165) is 23.9 Å². The summed E-state index contributed by atoms with van der Waals surface area (Å²) in [6.07, 6.45) is 8.36. The molecule has 2 N–H and O–H groups in total. The molecule has 2 aromatic heterocycles. The normalized spacial score (nSPS) is 15.2. The van der Waals surface area contributed by atoms with E-state index >= 15 is 0 Å². The van der Waals surface area contributed by atoms with Gasteiger partial charge in [-0.15, -0.1) is 0 Å². The van der Waals surface area contributed by atoms with Gasteiger partial charge in [-0.2, -0.15) is 5.10 Å². The largest absolute Gasteiger partial charge is 0.358 e. The molecule has 3 aromatic rings. The van der Waals surface area contributed by atoms with E-state index in [9.17, 15) is 4.79 Å². The van der Waals surface area contributed by atoms with Gasteiger partial charge in [-0.3, -0.25) is 9.48 Å². The first-order valence-corrected chi connectivity index (χ1v) is 8.62. The maximum atomic E-state index is 12.6. The number of fused-ring (bicyclic) bond motifs is 3. The number of aromatic amines is 1. The molecule has 0 saturated carbocycles. The van der Waals surface area contributed by atoms with E-state index in [1.54, 1.807) is 6.20 Å². The number of H-pyrrole nitrogens is 1. The third-order valence-electron chi connectivity index (χ3n) is 4.76. The highest BCUT2D eigenvalue weighted by Gasteiger charge is 2.17. The predicted octanol–water partition coefficient (Wildman–Crippen LogP) is 3.06. The molecule has 1 atom stereocenters. The van der Waals surface area contributed by atoms with Crippen molar-refractivity contribution in [1.82, 2.24) is 20.1 Å². The lowest BCUT2D eigenvalue weighted by atomic mass is 9.95. The quantitative estimate of drug-likeness (QED) is 0.775. The van der Waals surface area contributed by atoms with Crippen LogP contribution in [-0.2, 0) is 19.4 Å². The van der Waals surface area contributed by atoms with Gasteiger partial charge in [-0.1, -0.05) is 0 Å². The van der Waals surface area contributed by atoms with Crippen LogP contribution in [0.2, 0.25) is 0 Å². The lowest BCUT2D eigenvalue weighted by Crippen LogP contribution is -2.35. The second kappa shape index (κ2) is 6.15. The number of hydrogen-bond acceptors (Lipinski definition) is 2. The van der Waals surface area contributed by atoms with E-state index in [-0.39, 0.29) is 11.9 Å². The Labute approximate surface area is 141 Å². The van der Waals surface area contributed by atoms with Crippen molar-refractivity contribution in [2.45, 2.75) is 45.2 Å². The number of aryl methyl sites for hydroxylation is 2. The molecule has 0 saturated heterocycles. The molecule has 0 radical (unpaired) electrons. The zero-order valence-electron chi connectivity index (χ0n) is 13.9. The van der Waals surface area contributed by atoms with Crippen LogP contribution < -0.4 is 5.32 Å². The summed E-state index contributed by atoms with van der Waals surface area (Å²) in [5, 5.41) is 8.45. The van der Waals surface area contributed by atoms with E-state index in [1.807, 2.05) is 42.1 Å². The number of carbonyl (C=O) groups is 1. The Bertz CT molecular complexity index is 863. The average molecular weight is 322 g/mol. The van der Waals surface area contributed by atoms with E-state index in [4.69, 9.17) is 0 Å². The number of nitrogens with one attached hydrogen (secondary N) is 2. The third kappa shape index (κ3) is 2.82. The van der Waals surface area contributed by atoms with Crippen molar-refractivity contribution in [3.63, 3.8) is 0 Å². The Hall–Kier alpha value is -2.56. The standard InChI is InChI=1S/C19H22N4O/c1-13(12-23-10-4-9-20-23)21-19(24)14-7-8-18-16(11-14)15-5-2-3-6-17(15)22-18/h4,7-11,13,22H,2-3,5-6,12H2,1H3,(H,21,24)/t13-/m1/s1. The molecule has 0 unspecified atom stereocenters. The lowest BCUT2D eigenvalue weighted by Gasteiger charge is -2.14. The molecule has 0 bridgehead atoms. The Morgan fingerprint density at radius 1 is 1.38 bits per heavy atom. The first-order valence-electron chi connectivity index (χ1n) is 8.62. The Morgan fingerprint density at radius 2 is 2.25 bits per heavy atom. The number of hydrogen-bond donors (Lipinski definition) is 2. The van der Waals surface area contributed by atoms with Crippen molar-refractivity contribution >= 4 is 16.8 Å². The van der Waals surface area contributed by atoms with Crippen LogP contribution >= 0.6 is 0 Å². The molecule has 1 amide bonds. The van der Waals surface area contributed by atoms with Crippen LogP contribution in [0.5, 0.6) is 0 Å². The first kappa shape index (κ1) is 15.0. The summed E-state index contributed by atoms with van der Waals surface area (Å²) in [4.78, 5) is 16.1. The fraction of sp³-hybridized carbons (Fsp3) is 0.368. The number of rotatable bonds is 4. The van der Waals surface area contributed by atoms with Gasteiger partial charge in [-0.25, -0.2) is 0 Å². The van der Waals surface area contributed by atoms with Gasteiger partial charge in [0.1, 0.15) is 0 Å². The van der Waals surface area contributed by atoms with Crippen LogP contribution in [0.15, 0.2) is 36.7 Å². The molecule has 0 fully saturated rings.